The number of nitrogens with one attached hydrogen (secondary N) is 1. The lowest BCUT2D eigenvalue weighted by atomic mass is 10.2. The minimum absolute atomic E-state index is 0.295. The lowest BCUT2D eigenvalue weighted by Crippen LogP contribution is -2.12. The fraction of sp³-hybridized carbons (Fsp3) is 0.0769. The third-order valence-corrected chi connectivity index (χ3v) is 3.08. The van der Waals surface area contributed by atoms with Crippen LogP contribution in [0.1, 0.15) is 5.56 Å². The first kappa shape index (κ1) is 13.6. The van der Waals surface area contributed by atoms with Gasteiger partial charge in [-0.15, -0.1) is 0 Å². The van der Waals surface area contributed by atoms with Gasteiger partial charge in [0.05, 0.1) is 29.7 Å². The Kier molecular flexibility index (Phi) is 4.19. The van der Waals surface area contributed by atoms with Crippen molar-refractivity contribution in [2.24, 2.45) is 5.73 Å². The molecule has 3 N–H and O–H groups in total. The van der Waals surface area contributed by atoms with Gasteiger partial charge in [-0.2, -0.15) is 0 Å². The van der Waals surface area contributed by atoms with E-state index in [9.17, 15) is 0 Å². The number of methoxy groups -OCH3 is 1. The van der Waals surface area contributed by atoms with Gasteiger partial charge in [0.2, 0.25) is 0 Å². The molecule has 0 saturated carbocycles. The summed E-state index contributed by atoms with van der Waals surface area (Å²) in [5, 5.41) is 3.72. The highest BCUT2D eigenvalue weighted by molar-refractivity contribution is 7.80. The van der Waals surface area contributed by atoms with Gasteiger partial charge >= 0.3 is 0 Å². The second-order valence-electron chi connectivity index (χ2n) is 3.76. The molecule has 0 saturated heterocycles. The Morgan fingerprint density at radius 1 is 1.37 bits per heavy atom. The highest BCUT2D eigenvalue weighted by atomic mass is 35.5. The molecule has 0 amide bonds. The van der Waals surface area contributed by atoms with Crippen molar-refractivity contribution in [1.82, 2.24) is 4.98 Å². The number of hydrogen-bond donors (Lipinski definition) is 2. The first-order chi connectivity index (χ1) is 9.11. The van der Waals surface area contributed by atoms with E-state index >= 15 is 0 Å². The zero-order valence-electron chi connectivity index (χ0n) is 10.2. The Morgan fingerprint density at radius 3 is 2.84 bits per heavy atom. The van der Waals surface area contributed by atoms with Crippen LogP contribution in [0.15, 0.2) is 36.7 Å². The number of nitrogens with two attached hydrogens (primary N) is 1. The van der Waals surface area contributed by atoms with E-state index in [1.165, 1.54) is 0 Å². The summed E-state index contributed by atoms with van der Waals surface area (Å²) in [4.78, 5) is 4.34. The van der Waals surface area contributed by atoms with Crippen molar-refractivity contribution in [3.63, 3.8) is 0 Å². The molecule has 0 fully saturated rings. The van der Waals surface area contributed by atoms with Gasteiger partial charge in [0.15, 0.2) is 0 Å². The summed E-state index contributed by atoms with van der Waals surface area (Å²) < 4.78 is 5.16. The van der Waals surface area contributed by atoms with Crippen LogP contribution in [0.25, 0.3) is 0 Å². The number of pyridine rings is 1. The molecule has 1 aromatic carbocycles. The summed E-state index contributed by atoms with van der Waals surface area (Å²) in [5.41, 5.74) is 7.78. The topological polar surface area (TPSA) is 60.2 Å². The molecule has 98 valence electrons. The van der Waals surface area contributed by atoms with Gasteiger partial charge in [0.25, 0.3) is 0 Å². The van der Waals surface area contributed by atoms with Gasteiger partial charge in [-0.1, -0.05) is 23.8 Å². The second kappa shape index (κ2) is 5.86. The maximum atomic E-state index is 6.13. The van der Waals surface area contributed by atoms with Crippen molar-refractivity contribution < 1.29 is 4.74 Å². The first-order valence-electron chi connectivity index (χ1n) is 5.46. The number of hydrogen-bond acceptors (Lipinski definition) is 4. The molecule has 0 atom stereocenters. The zero-order chi connectivity index (χ0) is 13.8. The van der Waals surface area contributed by atoms with Gasteiger partial charge in [-0.05, 0) is 18.2 Å². The maximum absolute atomic E-state index is 6.13. The van der Waals surface area contributed by atoms with E-state index in [1.807, 2.05) is 0 Å². The van der Waals surface area contributed by atoms with Crippen LogP contribution in [0.5, 0.6) is 5.75 Å². The summed E-state index contributed by atoms with van der Waals surface area (Å²) >= 11 is 11.1. The molecular weight excluding hydrogens is 282 g/mol. The van der Waals surface area contributed by atoms with Crippen molar-refractivity contribution >= 4 is 40.2 Å². The standard InChI is InChI=1S/C13H12ClN3OS/c1-18-8-2-3-10(14)11(6-8)17-12-7-16-5-4-9(12)13(15)19/h2-7,17H,1H3,(H2,15,19). The van der Waals surface area contributed by atoms with E-state index in [1.54, 1.807) is 43.8 Å². The van der Waals surface area contributed by atoms with Crippen LogP contribution in [-0.2, 0) is 0 Å². The predicted molar refractivity (Wildman–Crippen MR) is 81.4 cm³/mol. The Balaban J connectivity index is 2.38. The number of rotatable bonds is 4. The molecule has 1 aromatic heterocycles. The van der Waals surface area contributed by atoms with Crippen LogP contribution < -0.4 is 15.8 Å². The fourth-order valence-electron chi connectivity index (χ4n) is 1.58. The van der Waals surface area contributed by atoms with Crippen molar-refractivity contribution in [1.29, 1.82) is 0 Å². The van der Waals surface area contributed by atoms with Crippen LogP contribution in [-0.4, -0.2) is 17.1 Å². The van der Waals surface area contributed by atoms with Crippen molar-refractivity contribution in [3.8, 4) is 5.75 Å². The molecule has 1 heterocycles. The third-order valence-electron chi connectivity index (χ3n) is 2.53. The van der Waals surface area contributed by atoms with Gasteiger partial charge in [-0.25, -0.2) is 0 Å². The molecule has 0 aliphatic carbocycles. The minimum atomic E-state index is 0.295. The normalized spacial score (nSPS) is 10.0. The van der Waals surface area contributed by atoms with Crippen LogP contribution in [0.2, 0.25) is 5.02 Å². The molecule has 2 rings (SSSR count). The molecule has 4 nitrogen and oxygen atoms in total. The molecule has 0 aliphatic heterocycles. The second-order valence-corrected chi connectivity index (χ2v) is 4.60. The van der Waals surface area contributed by atoms with Gasteiger partial charge in [0.1, 0.15) is 10.7 Å². The number of nitrogens with zero attached hydrogens (tertiary/aromatic N) is 1. The first-order valence-corrected chi connectivity index (χ1v) is 6.25. The molecule has 19 heavy (non-hydrogen) atoms. The Morgan fingerprint density at radius 2 is 2.16 bits per heavy atom. The van der Waals surface area contributed by atoms with Crippen molar-refractivity contribution in [2.45, 2.75) is 0 Å². The van der Waals surface area contributed by atoms with Gasteiger partial charge in [-0.3, -0.25) is 4.98 Å². The smallest absolute Gasteiger partial charge is 0.121 e. The van der Waals surface area contributed by atoms with E-state index in [0.717, 1.165) is 0 Å². The number of halogens is 1. The Labute approximate surface area is 121 Å². The van der Waals surface area contributed by atoms with Crippen LogP contribution in [0, 0.1) is 0 Å². The largest absolute Gasteiger partial charge is 0.497 e. The third kappa shape index (κ3) is 3.13. The predicted octanol–water partition coefficient (Wildman–Crippen LogP) is 3.12. The number of benzene rings is 1. The average molecular weight is 294 g/mol. The van der Waals surface area contributed by atoms with Gasteiger partial charge < -0.3 is 15.8 Å². The Hall–Kier alpha value is -1.85. The molecule has 0 spiro atoms. The van der Waals surface area contributed by atoms with E-state index in [-0.39, 0.29) is 0 Å². The number of thiocarbonyl (C=S) groups is 1. The summed E-state index contributed by atoms with van der Waals surface area (Å²) in [6.07, 6.45) is 3.27. The van der Waals surface area contributed by atoms with E-state index in [2.05, 4.69) is 10.3 Å². The summed E-state index contributed by atoms with van der Waals surface area (Å²) in [5.74, 6) is 0.702. The molecule has 0 unspecified atom stereocenters. The fourth-order valence-corrected chi connectivity index (χ4v) is 1.92. The van der Waals surface area contributed by atoms with Crippen LogP contribution in [0.4, 0.5) is 11.4 Å². The van der Waals surface area contributed by atoms with E-state index < -0.39 is 0 Å². The average Bonchev–Trinajstić information content (AvgIpc) is 2.41. The molecule has 2 aromatic rings. The summed E-state index contributed by atoms with van der Waals surface area (Å²) in [6, 6.07) is 7.07. The minimum Gasteiger partial charge on any atom is -0.497 e. The lowest BCUT2D eigenvalue weighted by Gasteiger charge is -2.12. The number of anilines is 2. The SMILES string of the molecule is COc1ccc(Cl)c(Nc2cnccc2C(N)=S)c1. The highest BCUT2D eigenvalue weighted by Crippen LogP contribution is 2.30. The molecular formula is C13H12ClN3OS. The van der Waals surface area contributed by atoms with Crippen LogP contribution in [0.3, 0.4) is 0 Å². The lowest BCUT2D eigenvalue weighted by molar-refractivity contribution is 0.415. The highest BCUT2D eigenvalue weighted by Gasteiger charge is 2.08. The van der Waals surface area contributed by atoms with Crippen molar-refractivity contribution in [2.75, 3.05) is 12.4 Å². The quantitative estimate of drug-likeness (QED) is 0.848. The van der Waals surface area contributed by atoms with Crippen LogP contribution >= 0.6 is 23.8 Å². The van der Waals surface area contributed by atoms with Gasteiger partial charge in [0, 0.05) is 17.8 Å². The van der Waals surface area contributed by atoms with E-state index in [4.69, 9.17) is 34.3 Å². The number of aromatic nitrogens is 1. The Bertz CT molecular complexity index is 619. The molecule has 0 aliphatic rings. The summed E-state index contributed by atoms with van der Waals surface area (Å²) in [7, 11) is 1.59. The van der Waals surface area contributed by atoms with Crippen molar-refractivity contribution in [3.05, 3.63) is 47.2 Å². The molecule has 0 bridgehead atoms. The molecule has 6 heteroatoms. The maximum Gasteiger partial charge on any atom is 0.121 e. The zero-order valence-corrected chi connectivity index (χ0v) is 11.8. The number of ether oxygens (including phenoxy) is 1. The van der Waals surface area contributed by atoms with E-state index in [0.29, 0.717) is 32.7 Å². The summed E-state index contributed by atoms with van der Waals surface area (Å²) in [6.45, 7) is 0. The molecule has 0 radical (unpaired) electrons. The monoisotopic (exact) mass is 293 g/mol.